The van der Waals surface area contributed by atoms with Crippen molar-refractivity contribution in [3.05, 3.63) is 28.2 Å². The summed E-state index contributed by atoms with van der Waals surface area (Å²) < 4.78 is 5.25. The molecule has 5 nitrogen and oxygen atoms in total. The second kappa shape index (κ2) is 8.10. The van der Waals surface area contributed by atoms with E-state index in [-0.39, 0.29) is 12.5 Å². The molecular formula is C14H17Cl2NO4. The van der Waals surface area contributed by atoms with Gasteiger partial charge in [-0.1, -0.05) is 43.5 Å². The van der Waals surface area contributed by atoms with E-state index in [1.807, 2.05) is 6.92 Å². The SMILES string of the molecule is CCC(C)C(NC(=O)COc1ccc(Cl)c(Cl)c1)C(=O)O. The van der Waals surface area contributed by atoms with Gasteiger partial charge < -0.3 is 15.2 Å². The normalized spacial score (nSPS) is 13.3. The van der Waals surface area contributed by atoms with Gasteiger partial charge in [-0.2, -0.15) is 0 Å². The zero-order valence-electron chi connectivity index (χ0n) is 11.7. The number of hydrogen-bond donors (Lipinski definition) is 2. The lowest BCUT2D eigenvalue weighted by molar-refractivity contribution is -0.143. The van der Waals surface area contributed by atoms with Crippen LogP contribution in [0.1, 0.15) is 20.3 Å². The third kappa shape index (κ3) is 5.44. The van der Waals surface area contributed by atoms with Crippen LogP contribution in [0.4, 0.5) is 0 Å². The highest BCUT2D eigenvalue weighted by Crippen LogP contribution is 2.26. The molecule has 0 heterocycles. The number of ether oxygens (including phenoxy) is 1. The Kier molecular flexibility index (Phi) is 6.78. The molecule has 7 heteroatoms. The number of hydrogen-bond acceptors (Lipinski definition) is 3. The number of benzene rings is 1. The van der Waals surface area contributed by atoms with E-state index in [2.05, 4.69) is 5.32 Å². The maximum absolute atomic E-state index is 11.7. The maximum Gasteiger partial charge on any atom is 0.326 e. The smallest absolute Gasteiger partial charge is 0.326 e. The van der Waals surface area contributed by atoms with Crippen LogP contribution in [-0.2, 0) is 9.59 Å². The number of aliphatic carboxylic acids is 1. The van der Waals surface area contributed by atoms with Crippen LogP contribution in [0, 0.1) is 5.92 Å². The van der Waals surface area contributed by atoms with Crippen LogP contribution >= 0.6 is 23.2 Å². The van der Waals surface area contributed by atoms with Crippen LogP contribution in [0.2, 0.25) is 10.0 Å². The standard InChI is InChI=1S/C14H17Cl2NO4/c1-3-8(2)13(14(19)20)17-12(18)7-21-9-4-5-10(15)11(16)6-9/h4-6,8,13H,3,7H2,1-2H3,(H,17,18)(H,19,20). The third-order valence-electron chi connectivity index (χ3n) is 3.06. The summed E-state index contributed by atoms with van der Waals surface area (Å²) in [6, 6.07) is 3.68. The van der Waals surface area contributed by atoms with Crippen LogP contribution in [-0.4, -0.2) is 29.6 Å². The highest BCUT2D eigenvalue weighted by molar-refractivity contribution is 6.42. The lowest BCUT2D eigenvalue weighted by Gasteiger charge is -2.20. The molecule has 0 saturated carbocycles. The Morgan fingerprint density at radius 2 is 2.00 bits per heavy atom. The van der Waals surface area contributed by atoms with Gasteiger partial charge in [0.1, 0.15) is 11.8 Å². The molecule has 0 spiro atoms. The molecule has 1 rings (SSSR count). The molecule has 0 fully saturated rings. The van der Waals surface area contributed by atoms with Gasteiger partial charge in [-0.25, -0.2) is 4.79 Å². The number of amides is 1. The van der Waals surface area contributed by atoms with Crippen molar-refractivity contribution in [2.45, 2.75) is 26.3 Å². The number of carbonyl (C=O) groups is 2. The molecule has 0 aliphatic rings. The van der Waals surface area contributed by atoms with Crippen LogP contribution in [0.25, 0.3) is 0 Å². The topological polar surface area (TPSA) is 75.6 Å². The van der Waals surface area contributed by atoms with Gasteiger partial charge in [0.25, 0.3) is 5.91 Å². The molecule has 0 saturated heterocycles. The van der Waals surface area contributed by atoms with Crippen molar-refractivity contribution in [3.8, 4) is 5.75 Å². The van der Waals surface area contributed by atoms with Crippen LogP contribution in [0.15, 0.2) is 18.2 Å². The summed E-state index contributed by atoms with van der Waals surface area (Å²) in [4.78, 5) is 22.8. The average molecular weight is 334 g/mol. The van der Waals surface area contributed by atoms with Crippen LogP contribution in [0.5, 0.6) is 5.75 Å². The fraction of sp³-hybridized carbons (Fsp3) is 0.429. The summed E-state index contributed by atoms with van der Waals surface area (Å²) >= 11 is 11.6. The molecule has 116 valence electrons. The van der Waals surface area contributed by atoms with E-state index in [9.17, 15) is 9.59 Å². The molecule has 0 aliphatic carbocycles. The highest BCUT2D eigenvalue weighted by Gasteiger charge is 2.25. The van der Waals surface area contributed by atoms with Gasteiger partial charge in [0.15, 0.2) is 6.61 Å². The highest BCUT2D eigenvalue weighted by atomic mass is 35.5. The lowest BCUT2D eigenvalue weighted by atomic mass is 9.99. The van der Waals surface area contributed by atoms with Crippen molar-refractivity contribution in [3.63, 3.8) is 0 Å². The molecule has 1 aromatic carbocycles. The summed E-state index contributed by atoms with van der Waals surface area (Å²) in [5, 5.41) is 12.2. The van der Waals surface area contributed by atoms with Gasteiger partial charge in [0, 0.05) is 6.07 Å². The summed E-state index contributed by atoms with van der Waals surface area (Å²) in [5.41, 5.74) is 0. The number of nitrogens with one attached hydrogen (secondary N) is 1. The quantitative estimate of drug-likeness (QED) is 0.804. The first kappa shape index (κ1) is 17.6. The number of halogens is 2. The second-order valence-electron chi connectivity index (χ2n) is 4.63. The predicted octanol–water partition coefficient (Wildman–Crippen LogP) is 2.99. The Balaban J connectivity index is 2.56. The van der Waals surface area contributed by atoms with E-state index in [1.54, 1.807) is 19.1 Å². The number of rotatable bonds is 7. The Bertz CT molecular complexity index is 522. The molecule has 1 amide bonds. The molecule has 2 unspecified atom stereocenters. The molecule has 2 atom stereocenters. The van der Waals surface area contributed by atoms with Crippen molar-refractivity contribution >= 4 is 35.1 Å². The first-order valence-corrected chi connectivity index (χ1v) is 7.20. The van der Waals surface area contributed by atoms with Gasteiger partial charge in [-0.15, -0.1) is 0 Å². The minimum Gasteiger partial charge on any atom is -0.484 e. The van der Waals surface area contributed by atoms with Crippen molar-refractivity contribution in [2.24, 2.45) is 5.92 Å². The Morgan fingerprint density at radius 3 is 2.52 bits per heavy atom. The molecular weight excluding hydrogens is 317 g/mol. The molecule has 2 N–H and O–H groups in total. The van der Waals surface area contributed by atoms with Crippen molar-refractivity contribution < 1.29 is 19.4 Å². The van der Waals surface area contributed by atoms with Crippen molar-refractivity contribution in [1.29, 1.82) is 0 Å². The maximum atomic E-state index is 11.7. The molecule has 1 aromatic rings. The van der Waals surface area contributed by atoms with Crippen molar-refractivity contribution in [2.75, 3.05) is 6.61 Å². The molecule has 0 aliphatic heterocycles. The molecule has 0 radical (unpaired) electrons. The molecule has 0 aromatic heterocycles. The van der Waals surface area contributed by atoms with Gasteiger partial charge in [-0.05, 0) is 18.1 Å². The van der Waals surface area contributed by atoms with Gasteiger partial charge in [-0.3, -0.25) is 4.79 Å². The van der Waals surface area contributed by atoms with E-state index in [0.717, 1.165) is 0 Å². The number of carbonyl (C=O) groups excluding carboxylic acids is 1. The lowest BCUT2D eigenvalue weighted by Crippen LogP contribution is -2.46. The second-order valence-corrected chi connectivity index (χ2v) is 5.45. The molecule has 0 bridgehead atoms. The fourth-order valence-corrected chi connectivity index (χ4v) is 1.90. The van der Waals surface area contributed by atoms with Crippen LogP contribution in [0.3, 0.4) is 0 Å². The van der Waals surface area contributed by atoms with E-state index in [4.69, 9.17) is 33.0 Å². The zero-order valence-corrected chi connectivity index (χ0v) is 13.2. The van der Waals surface area contributed by atoms with Crippen molar-refractivity contribution in [1.82, 2.24) is 5.32 Å². The van der Waals surface area contributed by atoms with Crippen LogP contribution < -0.4 is 10.1 Å². The zero-order chi connectivity index (χ0) is 16.0. The van der Waals surface area contributed by atoms with Gasteiger partial charge in [0.2, 0.25) is 0 Å². The van der Waals surface area contributed by atoms with E-state index in [0.29, 0.717) is 22.2 Å². The third-order valence-corrected chi connectivity index (χ3v) is 3.80. The first-order chi connectivity index (χ1) is 9.85. The Hall–Kier alpha value is -1.46. The monoisotopic (exact) mass is 333 g/mol. The van der Waals surface area contributed by atoms with E-state index < -0.39 is 17.9 Å². The minimum absolute atomic E-state index is 0.170. The largest absolute Gasteiger partial charge is 0.484 e. The first-order valence-electron chi connectivity index (χ1n) is 6.45. The summed E-state index contributed by atoms with van der Waals surface area (Å²) in [6.45, 7) is 3.33. The molecule has 21 heavy (non-hydrogen) atoms. The Morgan fingerprint density at radius 1 is 1.33 bits per heavy atom. The van der Waals surface area contributed by atoms with Gasteiger partial charge in [0.05, 0.1) is 10.0 Å². The summed E-state index contributed by atoms with van der Waals surface area (Å²) in [6.07, 6.45) is 0.644. The fourth-order valence-electron chi connectivity index (χ4n) is 1.61. The van der Waals surface area contributed by atoms with E-state index in [1.165, 1.54) is 6.07 Å². The van der Waals surface area contributed by atoms with E-state index >= 15 is 0 Å². The number of carboxylic acid groups (broad SMARTS) is 1. The van der Waals surface area contributed by atoms with Gasteiger partial charge >= 0.3 is 5.97 Å². The number of carboxylic acids is 1. The summed E-state index contributed by atoms with van der Waals surface area (Å²) in [5.74, 6) is -1.35. The minimum atomic E-state index is -1.06. The summed E-state index contributed by atoms with van der Waals surface area (Å²) in [7, 11) is 0. The average Bonchev–Trinajstić information content (AvgIpc) is 2.44. The Labute approximate surface area is 133 Å². The predicted molar refractivity (Wildman–Crippen MR) is 81.0 cm³/mol.